The number of aliphatic hydroxyl groups is 1. The fourth-order valence-corrected chi connectivity index (χ4v) is 1.21. The van der Waals surface area contributed by atoms with Crippen LogP contribution in [0.5, 0.6) is 0 Å². The Morgan fingerprint density at radius 1 is 1.35 bits per heavy atom. The van der Waals surface area contributed by atoms with E-state index in [-0.39, 0.29) is 0 Å². The first-order valence-electron chi connectivity index (χ1n) is 5.98. The van der Waals surface area contributed by atoms with Gasteiger partial charge in [0.05, 0.1) is 11.6 Å². The van der Waals surface area contributed by atoms with Crippen molar-refractivity contribution in [1.82, 2.24) is 9.97 Å². The van der Waals surface area contributed by atoms with Gasteiger partial charge in [-0.15, -0.1) is 0 Å². The van der Waals surface area contributed by atoms with Crippen LogP contribution >= 0.6 is 0 Å². The summed E-state index contributed by atoms with van der Waals surface area (Å²) < 4.78 is 0. The zero-order valence-corrected chi connectivity index (χ0v) is 11.0. The lowest BCUT2D eigenvalue weighted by molar-refractivity contribution is 0.133. The number of aromatic nitrogens is 2. The molecule has 1 aromatic rings. The highest BCUT2D eigenvalue weighted by Crippen LogP contribution is 2.17. The molecule has 0 spiro atoms. The average Bonchev–Trinajstić information content (AvgIpc) is 2.26. The molecule has 0 aliphatic rings. The third kappa shape index (κ3) is 4.19. The maximum absolute atomic E-state index is 9.63. The van der Waals surface area contributed by atoms with E-state index in [9.17, 15) is 5.11 Å². The molecule has 1 heterocycles. The summed E-state index contributed by atoms with van der Waals surface area (Å²) in [4.78, 5) is 8.27. The van der Waals surface area contributed by atoms with Crippen LogP contribution in [-0.2, 0) is 0 Å². The molecule has 3 N–H and O–H groups in total. The quantitative estimate of drug-likeness (QED) is 0.706. The molecular formula is C12H22N4O. The van der Waals surface area contributed by atoms with E-state index < -0.39 is 11.6 Å². The zero-order valence-electron chi connectivity index (χ0n) is 11.0. The van der Waals surface area contributed by atoms with Crippen molar-refractivity contribution in [3.63, 3.8) is 0 Å². The highest BCUT2D eigenvalue weighted by molar-refractivity contribution is 5.47. The molecule has 1 atom stereocenters. The van der Waals surface area contributed by atoms with Gasteiger partial charge in [-0.05, 0) is 27.2 Å². The second-order valence-corrected chi connectivity index (χ2v) is 4.74. The van der Waals surface area contributed by atoms with Crippen LogP contribution in [0.15, 0.2) is 12.4 Å². The number of nitrogens with zero attached hydrogens (tertiary/aromatic N) is 2. The van der Waals surface area contributed by atoms with Gasteiger partial charge in [-0.1, -0.05) is 6.92 Å². The smallest absolute Gasteiger partial charge is 0.131 e. The summed E-state index contributed by atoms with van der Waals surface area (Å²) in [6, 6.07) is 1.85. The van der Waals surface area contributed by atoms with Gasteiger partial charge in [0.1, 0.15) is 18.0 Å². The van der Waals surface area contributed by atoms with E-state index in [1.165, 1.54) is 6.33 Å². The molecule has 1 unspecified atom stereocenters. The number of rotatable bonds is 6. The molecular weight excluding hydrogens is 216 g/mol. The number of aliphatic hydroxyl groups excluding tert-OH is 1. The molecule has 17 heavy (non-hydrogen) atoms. The van der Waals surface area contributed by atoms with Crippen LogP contribution < -0.4 is 10.6 Å². The Balaban J connectivity index is 2.71. The van der Waals surface area contributed by atoms with Crippen LogP contribution in [0.25, 0.3) is 0 Å². The summed E-state index contributed by atoms with van der Waals surface area (Å²) in [6.45, 7) is 8.60. The van der Waals surface area contributed by atoms with Gasteiger partial charge >= 0.3 is 0 Å². The highest BCUT2D eigenvalue weighted by atomic mass is 16.3. The van der Waals surface area contributed by atoms with Crippen molar-refractivity contribution >= 4 is 11.6 Å². The van der Waals surface area contributed by atoms with Crippen LogP contribution in [0.1, 0.15) is 34.1 Å². The minimum Gasteiger partial charge on any atom is -0.391 e. The van der Waals surface area contributed by atoms with E-state index in [4.69, 9.17) is 0 Å². The average molecular weight is 238 g/mol. The molecule has 96 valence electrons. The van der Waals surface area contributed by atoms with E-state index in [1.807, 2.05) is 19.9 Å². The van der Waals surface area contributed by atoms with Crippen molar-refractivity contribution in [3.8, 4) is 0 Å². The standard InChI is InChI=1S/C12H22N4O/c1-5-6-13-10-7-11(15-8-14-10)16-12(3,4)9(2)17/h7-9,17H,5-6H2,1-4H3,(H2,13,14,15,16). The molecule has 0 saturated carbocycles. The van der Waals surface area contributed by atoms with E-state index in [0.29, 0.717) is 5.82 Å². The predicted octanol–water partition coefficient (Wildman–Crippen LogP) is 1.87. The summed E-state index contributed by atoms with van der Waals surface area (Å²) in [5, 5.41) is 16.0. The van der Waals surface area contributed by atoms with Gasteiger partial charge in [-0.2, -0.15) is 0 Å². The van der Waals surface area contributed by atoms with Crippen molar-refractivity contribution in [1.29, 1.82) is 0 Å². The Kier molecular flexibility index (Phi) is 4.69. The minimum absolute atomic E-state index is 0.420. The first kappa shape index (κ1) is 13.7. The lowest BCUT2D eigenvalue weighted by Crippen LogP contribution is -2.42. The number of nitrogens with one attached hydrogen (secondary N) is 2. The van der Waals surface area contributed by atoms with E-state index in [2.05, 4.69) is 27.5 Å². The molecule has 0 saturated heterocycles. The molecule has 0 aliphatic heterocycles. The zero-order chi connectivity index (χ0) is 12.9. The van der Waals surface area contributed by atoms with Gasteiger partial charge in [0.2, 0.25) is 0 Å². The van der Waals surface area contributed by atoms with Crippen molar-refractivity contribution in [3.05, 3.63) is 12.4 Å². The Morgan fingerprint density at radius 3 is 2.59 bits per heavy atom. The largest absolute Gasteiger partial charge is 0.391 e. The Labute approximate surface area is 103 Å². The lowest BCUT2D eigenvalue weighted by atomic mass is 9.99. The molecule has 5 nitrogen and oxygen atoms in total. The van der Waals surface area contributed by atoms with Crippen LogP contribution in [0, 0.1) is 0 Å². The molecule has 0 bridgehead atoms. The van der Waals surface area contributed by atoms with Crippen molar-refractivity contribution < 1.29 is 5.11 Å². The Morgan fingerprint density at radius 2 is 2.00 bits per heavy atom. The summed E-state index contributed by atoms with van der Waals surface area (Å²) in [5.41, 5.74) is -0.420. The highest BCUT2D eigenvalue weighted by Gasteiger charge is 2.24. The fraction of sp³-hybridized carbons (Fsp3) is 0.667. The summed E-state index contributed by atoms with van der Waals surface area (Å²) >= 11 is 0. The van der Waals surface area contributed by atoms with E-state index in [0.717, 1.165) is 18.8 Å². The fourth-order valence-electron chi connectivity index (χ4n) is 1.21. The third-order valence-electron chi connectivity index (χ3n) is 2.72. The van der Waals surface area contributed by atoms with Crippen molar-refractivity contribution in [2.75, 3.05) is 17.2 Å². The van der Waals surface area contributed by atoms with Gasteiger partial charge < -0.3 is 15.7 Å². The SMILES string of the molecule is CCCNc1cc(NC(C)(C)C(C)O)ncn1. The molecule has 1 rings (SSSR count). The number of hydrogen-bond donors (Lipinski definition) is 3. The van der Waals surface area contributed by atoms with E-state index in [1.54, 1.807) is 6.92 Å². The molecule has 0 fully saturated rings. The third-order valence-corrected chi connectivity index (χ3v) is 2.72. The van der Waals surface area contributed by atoms with E-state index >= 15 is 0 Å². The first-order chi connectivity index (χ1) is 7.95. The minimum atomic E-state index is -0.468. The maximum Gasteiger partial charge on any atom is 0.131 e. The summed E-state index contributed by atoms with van der Waals surface area (Å²) in [6.07, 6.45) is 2.09. The molecule has 5 heteroatoms. The number of anilines is 2. The number of hydrogen-bond acceptors (Lipinski definition) is 5. The summed E-state index contributed by atoms with van der Waals surface area (Å²) in [5.74, 6) is 1.51. The second-order valence-electron chi connectivity index (χ2n) is 4.74. The molecule has 0 aromatic carbocycles. The van der Waals surface area contributed by atoms with Crippen LogP contribution in [0.4, 0.5) is 11.6 Å². The van der Waals surface area contributed by atoms with Crippen molar-refractivity contribution in [2.24, 2.45) is 0 Å². The van der Waals surface area contributed by atoms with Crippen LogP contribution in [0.2, 0.25) is 0 Å². The first-order valence-corrected chi connectivity index (χ1v) is 5.98. The van der Waals surface area contributed by atoms with Crippen LogP contribution in [0.3, 0.4) is 0 Å². The van der Waals surface area contributed by atoms with Gasteiger partial charge in [0.25, 0.3) is 0 Å². The lowest BCUT2D eigenvalue weighted by Gasteiger charge is -2.29. The topological polar surface area (TPSA) is 70.1 Å². The molecule has 0 radical (unpaired) electrons. The van der Waals surface area contributed by atoms with Crippen molar-refractivity contribution in [2.45, 2.75) is 45.8 Å². The Bertz CT molecular complexity index is 352. The van der Waals surface area contributed by atoms with Gasteiger partial charge in [-0.3, -0.25) is 0 Å². The monoisotopic (exact) mass is 238 g/mol. The van der Waals surface area contributed by atoms with Crippen LogP contribution in [-0.4, -0.2) is 33.3 Å². The van der Waals surface area contributed by atoms with Gasteiger partial charge in [-0.25, -0.2) is 9.97 Å². The van der Waals surface area contributed by atoms with Gasteiger partial charge in [0, 0.05) is 12.6 Å². The molecule has 1 aromatic heterocycles. The van der Waals surface area contributed by atoms with Gasteiger partial charge in [0.15, 0.2) is 0 Å². The molecule has 0 amide bonds. The molecule has 0 aliphatic carbocycles. The maximum atomic E-state index is 9.63. The normalized spacial score (nSPS) is 13.2. The Hall–Kier alpha value is -1.36. The summed E-state index contributed by atoms with van der Waals surface area (Å²) in [7, 11) is 0. The predicted molar refractivity (Wildman–Crippen MR) is 70.2 cm³/mol. The second kappa shape index (κ2) is 5.82.